The molecule has 0 radical (unpaired) electrons. The molecule has 0 saturated heterocycles. The highest BCUT2D eigenvalue weighted by atomic mass is 35.5. The van der Waals surface area contributed by atoms with E-state index in [9.17, 15) is 0 Å². The molecule has 2 aromatic carbocycles. The molecular weight excluding hydrogens is 326 g/mol. The van der Waals surface area contributed by atoms with Gasteiger partial charge in [-0.05, 0) is 36.4 Å². The van der Waals surface area contributed by atoms with Crippen molar-refractivity contribution in [3.05, 3.63) is 53.7 Å². The third-order valence-electron chi connectivity index (χ3n) is 3.62. The van der Waals surface area contributed by atoms with Crippen molar-refractivity contribution in [2.24, 2.45) is 0 Å². The summed E-state index contributed by atoms with van der Waals surface area (Å²) in [5.41, 5.74) is 14.7. The number of hydrogen-bond donors (Lipinski definition) is 2. The molecule has 0 spiro atoms. The number of nitrogen functional groups attached to an aromatic ring is 2. The van der Waals surface area contributed by atoms with Crippen molar-refractivity contribution in [1.29, 1.82) is 0 Å². The Morgan fingerprint density at radius 3 is 2.54 bits per heavy atom. The standard InChI is InChI=1S/C16H12ClN7/c17-10-2-4-11(5-3-10)24-8-14(22-23-24)9-1-6-13-12(7-9)15(18)21-16(19)20-13/h1-8H,(H4,18,19,20,21). The maximum atomic E-state index is 5.93. The Hall–Kier alpha value is -3.19. The van der Waals surface area contributed by atoms with Crippen LogP contribution in [-0.2, 0) is 0 Å². The van der Waals surface area contributed by atoms with Crippen molar-refractivity contribution in [1.82, 2.24) is 25.0 Å². The first-order valence-electron chi connectivity index (χ1n) is 7.11. The van der Waals surface area contributed by atoms with Gasteiger partial charge in [-0.25, -0.2) is 9.67 Å². The summed E-state index contributed by atoms with van der Waals surface area (Å²) in [6.45, 7) is 0. The molecule has 2 heterocycles. The average Bonchev–Trinajstić information content (AvgIpc) is 3.05. The van der Waals surface area contributed by atoms with Gasteiger partial charge in [0.05, 0.1) is 17.4 Å². The van der Waals surface area contributed by atoms with E-state index in [2.05, 4.69) is 20.3 Å². The number of nitrogens with two attached hydrogens (primary N) is 2. The largest absolute Gasteiger partial charge is 0.383 e. The fourth-order valence-corrected chi connectivity index (χ4v) is 2.57. The highest BCUT2D eigenvalue weighted by Gasteiger charge is 2.09. The fraction of sp³-hybridized carbons (Fsp3) is 0. The van der Waals surface area contributed by atoms with Gasteiger partial charge >= 0.3 is 0 Å². The van der Waals surface area contributed by atoms with Crippen molar-refractivity contribution in [3.8, 4) is 16.9 Å². The maximum absolute atomic E-state index is 5.93. The fourth-order valence-electron chi connectivity index (χ4n) is 2.45. The molecule has 0 saturated carbocycles. The molecule has 0 bridgehead atoms. The number of anilines is 2. The zero-order valence-corrected chi connectivity index (χ0v) is 13.1. The highest BCUT2D eigenvalue weighted by molar-refractivity contribution is 6.30. The average molecular weight is 338 g/mol. The van der Waals surface area contributed by atoms with Gasteiger partial charge in [-0.2, -0.15) is 4.98 Å². The van der Waals surface area contributed by atoms with Crippen LogP contribution in [0.25, 0.3) is 27.8 Å². The van der Waals surface area contributed by atoms with Crippen LogP contribution in [0.1, 0.15) is 0 Å². The van der Waals surface area contributed by atoms with Gasteiger partial charge in [0.15, 0.2) is 0 Å². The maximum Gasteiger partial charge on any atom is 0.222 e. The van der Waals surface area contributed by atoms with Crippen LogP contribution in [0.3, 0.4) is 0 Å². The first-order valence-corrected chi connectivity index (χ1v) is 7.49. The zero-order valence-electron chi connectivity index (χ0n) is 12.4. The predicted octanol–water partition coefficient (Wildman–Crippen LogP) is 2.70. The Kier molecular flexibility index (Phi) is 3.28. The molecule has 8 heteroatoms. The van der Waals surface area contributed by atoms with E-state index in [1.165, 1.54) is 0 Å². The third-order valence-corrected chi connectivity index (χ3v) is 3.87. The minimum Gasteiger partial charge on any atom is -0.383 e. The SMILES string of the molecule is Nc1nc(N)c2cc(-c3cn(-c4ccc(Cl)cc4)nn3)ccc2n1. The molecular formula is C16H12ClN7. The van der Waals surface area contributed by atoms with Gasteiger partial charge in [-0.15, -0.1) is 5.10 Å². The van der Waals surface area contributed by atoms with Crippen LogP contribution >= 0.6 is 11.6 Å². The number of aromatic nitrogens is 5. The van der Waals surface area contributed by atoms with Gasteiger partial charge in [0.1, 0.15) is 11.5 Å². The predicted molar refractivity (Wildman–Crippen MR) is 93.7 cm³/mol. The van der Waals surface area contributed by atoms with Crippen LogP contribution in [0, 0.1) is 0 Å². The topological polar surface area (TPSA) is 109 Å². The van der Waals surface area contributed by atoms with E-state index in [-0.39, 0.29) is 5.95 Å². The highest BCUT2D eigenvalue weighted by Crippen LogP contribution is 2.26. The second-order valence-electron chi connectivity index (χ2n) is 5.22. The Balaban J connectivity index is 1.76. The van der Waals surface area contributed by atoms with Crippen LogP contribution in [-0.4, -0.2) is 25.0 Å². The van der Waals surface area contributed by atoms with E-state index >= 15 is 0 Å². The van der Waals surface area contributed by atoms with Crippen molar-refractivity contribution >= 4 is 34.3 Å². The van der Waals surface area contributed by atoms with Crippen LogP contribution in [0.15, 0.2) is 48.7 Å². The molecule has 4 N–H and O–H groups in total. The molecule has 0 amide bonds. The lowest BCUT2D eigenvalue weighted by Crippen LogP contribution is -2.00. The van der Waals surface area contributed by atoms with Gasteiger partial charge in [-0.1, -0.05) is 22.9 Å². The summed E-state index contributed by atoms with van der Waals surface area (Å²) in [5.74, 6) is 0.492. The van der Waals surface area contributed by atoms with E-state index in [1.54, 1.807) is 16.8 Å². The smallest absolute Gasteiger partial charge is 0.222 e. The van der Waals surface area contributed by atoms with Crippen molar-refractivity contribution in [3.63, 3.8) is 0 Å². The number of halogens is 1. The van der Waals surface area contributed by atoms with Crippen LogP contribution in [0.2, 0.25) is 5.02 Å². The molecule has 4 aromatic rings. The summed E-state index contributed by atoms with van der Waals surface area (Å²) < 4.78 is 1.68. The molecule has 0 unspecified atom stereocenters. The summed E-state index contributed by atoms with van der Waals surface area (Å²) in [6.07, 6.45) is 1.83. The number of rotatable bonds is 2. The van der Waals surface area contributed by atoms with E-state index in [0.29, 0.717) is 22.1 Å². The van der Waals surface area contributed by atoms with Gasteiger partial charge in [0, 0.05) is 16.0 Å². The first kappa shape index (κ1) is 14.4. The van der Waals surface area contributed by atoms with E-state index in [4.69, 9.17) is 23.1 Å². The van der Waals surface area contributed by atoms with Gasteiger partial charge in [0.25, 0.3) is 0 Å². The number of hydrogen-bond acceptors (Lipinski definition) is 6. The van der Waals surface area contributed by atoms with Crippen LogP contribution < -0.4 is 11.5 Å². The summed E-state index contributed by atoms with van der Waals surface area (Å²) in [4.78, 5) is 8.15. The third kappa shape index (κ3) is 2.50. The van der Waals surface area contributed by atoms with Gasteiger partial charge in [-0.3, -0.25) is 0 Å². The molecule has 0 aliphatic carbocycles. The molecule has 0 fully saturated rings. The van der Waals surface area contributed by atoms with Crippen LogP contribution in [0.4, 0.5) is 11.8 Å². The molecule has 0 aliphatic heterocycles. The summed E-state index contributed by atoms with van der Waals surface area (Å²) in [5, 5.41) is 9.76. The minimum atomic E-state index is 0.154. The Bertz CT molecular complexity index is 1040. The summed E-state index contributed by atoms with van der Waals surface area (Å²) >= 11 is 5.90. The Labute approximate surface area is 141 Å². The lowest BCUT2D eigenvalue weighted by molar-refractivity contribution is 0.804. The molecule has 24 heavy (non-hydrogen) atoms. The molecule has 7 nitrogen and oxygen atoms in total. The summed E-state index contributed by atoms with van der Waals surface area (Å²) in [6, 6.07) is 12.9. The van der Waals surface area contributed by atoms with E-state index in [1.807, 2.05) is 36.5 Å². The first-order chi connectivity index (χ1) is 11.6. The molecule has 4 rings (SSSR count). The summed E-state index contributed by atoms with van der Waals surface area (Å²) in [7, 11) is 0. The number of fused-ring (bicyclic) bond motifs is 1. The minimum absolute atomic E-state index is 0.154. The zero-order chi connectivity index (χ0) is 16.7. The second kappa shape index (κ2) is 5.47. The number of benzene rings is 2. The Morgan fingerprint density at radius 1 is 0.958 bits per heavy atom. The van der Waals surface area contributed by atoms with Crippen LogP contribution in [0.5, 0.6) is 0 Å². The lowest BCUT2D eigenvalue weighted by atomic mass is 10.1. The lowest BCUT2D eigenvalue weighted by Gasteiger charge is -2.04. The monoisotopic (exact) mass is 337 g/mol. The quantitative estimate of drug-likeness (QED) is 0.582. The van der Waals surface area contributed by atoms with Crippen molar-refractivity contribution in [2.45, 2.75) is 0 Å². The Morgan fingerprint density at radius 2 is 1.75 bits per heavy atom. The molecule has 0 aliphatic rings. The van der Waals surface area contributed by atoms with Gasteiger partial charge < -0.3 is 11.5 Å². The van der Waals surface area contributed by atoms with E-state index < -0.39 is 0 Å². The molecule has 118 valence electrons. The van der Waals surface area contributed by atoms with Gasteiger partial charge in [0.2, 0.25) is 5.95 Å². The molecule has 2 aromatic heterocycles. The normalized spacial score (nSPS) is 11.0. The molecule has 0 atom stereocenters. The van der Waals surface area contributed by atoms with Crippen molar-refractivity contribution in [2.75, 3.05) is 11.5 Å². The van der Waals surface area contributed by atoms with E-state index in [0.717, 1.165) is 16.6 Å². The second-order valence-corrected chi connectivity index (χ2v) is 5.66. The van der Waals surface area contributed by atoms with Crippen molar-refractivity contribution < 1.29 is 0 Å². The number of nitrogens with zero attached hydrogens (tertiary/aromatic N) is 5.